The van der Waals surface area contributed by atoms with Gasteiger partial charge in [-0.15, -0.1) is 0 Å². The van der Waals surface area contributed by atoms with Gasteiger partial charge in [-0.05, 0) is 48.1 Å². The van der Waals surface area contributed by atoms with Crippen molar-refractivity contribution in [1.29, 1.82) is 0 Å². The minimum absolute atomic E-state index is 0.204. The maximum atomic E-state index is 11.3. The van der Waals surface area contributed by atoms with Gasteiger partial charge in [-0.2, -0.15) is 0 Å². The molecule has 1 fully saturated rings. The third kappa shape index (κ3) is 4.67. The summed E-state index contributed by atoms with van der Waals surface area (Å²) in [6.45, 7) is 3.48. The molecule has 0 saturated carbocycles. The fourth-order valence-electron chi connectivity index (χ4n) is 2.72. The summed E-state index contributed by atoms with van der Waals surface area (Å²) < 4.78 is 0. The second-order valence-corrected chi connectivity index (χ2v) is 6.14. The zero-order valence-electron chi connectivity index (χ0n) is 12.0. The summed E-state index contributed by atoms with van der Waals surface area (Å²) in [7, 11) is 0. The largest absolute Gasteiger partial charge is 0.343 e. The van der Waals surface area contributed by atoms with Gasteiger partial charge < -0.3 is 4.90 Å². The smallest absolute Gasteiger partial charge is 0.219 e. The van der Waals surface area contributed by atoms with E-state index in [1.54, 1.807) is 13.1 Å². The third-order valence-corrected chi connectivity index (χ3v) is 4.36. The third-order valence-electron chi connectivity index (χ3n) is 4.02. The van der Waals surface area contributed by atoms with Crippen LogP contribution in [0.5, 0.6) is 0 Å². The molecule has 0 spiro atoms. The molecule has 3 nitrogen and oxygen atoms in total. The average molecular weight is 290 g/mol. The highest BCUT2D eigenvalue weighted by atomic mass is 32.1. The average Bonchev–Trinajstić information content (AvgIpc) is 2.46. The molecule has 1 saturated heterocycles. The molecule has 1 amide bonds. The Labute approximate surface area is 126 Å². The standard InChI is InChI=1S/C16H22N2OS/c1-13(19)18-9-6-14(7-10-18)4-5-16(20)11-15-3-2-8-17-12-15/h2-3,8,12,14H,4-7,9-11H2,1H3. The van der Waals surface area contributed by atoms with Crippen LogP contribution >= 0.6 is 12.2 Å². The van der Waals surface area contributed by atoms with Gasteiger partial charge >= 0.3 is 0 Å². The van der Waals surface area contributed by atoms with Crippen molar-refractivity contribution in [2.45, 2.75) is 39.0 Å². The van der Waals surface area contributed by atoms with Crippen molar-refractivity contribution in [1.82, 2.24) is 9.88 Å². The molecule has 0 unspecified atom stereocenters. The summed E-state index contributed by atoms with van der Waals surface area (Å²) >= 11 is 5.48. The van der Waals surface area contributed by atoms with E-state index in [4.69, 9.17) is 12.2 Å². The monoisotopic (exact) mass is 290 g/mol. The highest BCUT2D eigenvalue weighted by Crippen LogP contribution is 2.22. The summed E-state index contributed by atoms with van der Waals surface area (Å²) in [4.78, 5) is 18.5. The van der Waals surface area contributed by atoms with Gasteiger partial charge in [0.25, 0.3) is 0 Å². The zero-order chi connectivity index (χ0) is 14.4. The van der Waals surface area contributed by atoms with Gasteiger partial charge in [0.1, 0.15) is 0 Å². The van der Waals surface area contributed by atoms with Crippen LogP contribution in [0.1, 0.15) is 38.2 Å². The van der Waals surface area contributed by atoms with E-state index in [0.717, 1.165) is 56.0 Å². The highest BCUT2D eigenvalue weighted by molar-refractivity contribution is 7.80. The Morgan fingerprint density at radius 3 is 2.80 bits per heavy atom. The maximum absolute atomic E-state index is 11.3. The second kappa shape index (κ2) is 7.48. The summed E-state index contributed by atoms with van der Waals surface area (Å²) in [6.07, 6.45) is 8.94. The fraction of sp³-hybridized carbons (Fsp3) is 0.562. The summed E-state index contributed by atoms with van der Waals surface area (Å²) in [5.41, 5.74) is 1.20. The van der Waals surface area contributed by atoms with Crippen molar-refractivity contribution in [3.63, 3.8) is 0 Å². The number of thiocarbonyl (C=S) groups is 1. The van der Waals surface area contributed by atoms with E-state index in [2.05, 4.69) is 11.1 Å². The van der Waals surface area contributed by atoms with Crippen LogP contribution in [-0.4, -0.2) is 33.7 Å². The quantitative estimate of drug-likeness (QED) is 0.782. The lowest BCUT2D eigenvalue weighted by atomic mass is 9.91. The summed E-state index contributed by atoms with van der Waals surface area (Å²) in [6, 6.07) is 4.03. The van der Waals surface area contributed by atoms with E-state index < -0.39 is 0 Å². The zero-order valence-corrected chi connectivity index (χ0v) is 12.9. The maximum Gasteiger partial charge on any atom is 0.219 e. The van der Waals surface area contributed by atoms with Gasteiger partial charge in [0, 0.05) is 38.8 Å². The molecule has 2 heterocycles. The molecule has 20 heavy (non-hydrogen) atoms. The number of aromatic nitrogens is 1. The summed E-state index contributed by atoms with van der Waals surface area (Å²) in [5.74, 6) is 0.924. The Morgan fingerprint density at radius 1 is 1.45 bits per heavy atom. The van der Waals surface area contributed by atoms with E-state index in [1.165, 1.54) is 5.56 Å². The first kappa shape index (κ1) is 15.1. The molecule has 0 aliphatic carbocycles. The van der Waals surface area contributed by atoms with Crippen molar-refractivity contribution < 1.29 is 4.79 Å². The molecular weight excluding hydrogens is 268 g/mol. The van der Waals surface area contributed by atoms with Crippen molar-refractivity contribution in [2.75, 3.05) is 13.1 Å². The minimum atomic E-state index is 0.204. The molecule has 0 aromatic carbocycles. The molecule has 108 valence electrons. The lowest BCUT2D eigenvalue weighted by Gasteiger charge is -2.31. The van der Waals surface area contributed by atoms with Crippen LogP contribution in [0, 0.1) is 5.92 Å². The highest BCUT2D eigenvalue weighted by Gasteiger charge is 2.20. The van der Waals surface area contributed by atoms with E-state index >= 15 is 0 Å². The number of rotatable bonds is 5. The SMILES string of the molecule is CC(=O)N1CCC(CCC(=S)Cc2cccnc2)CC1. The number of carbonyl (C=O) groups is 1. The van der Waals surface area contributed by atoms with Crippen LogP contribution in [0.25, 0.3) is 0 Å². The van der Waals surface area contributed by atoms with Crippen LogP contribution in [0.4, 0.5) is 0 Å². The number of likely N-dealkylation sites (tertiary alicyclic amines) is 1. The number of pyridine rings is 1. The number of nitrogens with zero attached hydrogens (tertiary/aromatic N) is 2. The van der Waals surface area contributed by atoms with Gasteiger partial charge in [-0.25, -0.2) is 0 Å². The van der Waals surface area contributed by atoms with E-state index in [9.17, 15) is 4.79 Å². The predicted octanol–water partition coefficient (Wildman–Crippen LogP) is 3.03. The first-order valence-electron chi connectivity index (χ1n) is 7.31. The Bertz CT molecular complexity index is 453. The second-order valence-electron chi connectivity index (χ2n) is 5.56. The topological polar surface area (TPSA) is 33.2 Å². The minimum Gasteiger partial charge on any atom is -0.343 e. The van der Waals surface area contributed by atoms with Crippen LogP contribution in [0.2, 0.25) is 0 Å². The molecule has 1 aromatic heterocycles. The van der Waals surface area contributed by atoms with Gasteiger partial charge in [0.05, 0.1) is 0 Å². The molecular formula is C16H22N2OS. The number of piperidine rings is 1. The van der Waals surface area contributed by atoms with Crippen molar-refractivity contribution in [2.24, 2.45) is 5.92 Å². The first-order valence-corrected chi connectivity index (χ1v) is 7.72. The Morgan fingerprint density at radius 2 is 2.20 bits per heavy atom. The first-order chi connectivity index (χ1) is 9.65. The predicted molar refractivity (Wildman–Crippen MR) is 84.8 cm³/mol. The van der Waals surface area contributed by atoms with Gasteiger partial charge in [0.2, 0.25) is 5.91 Å². The molecule has 0 radical (unpaired) electrons. The molecule has 1 aromatic rings. The normalized spacial score (nSPS) is 16.1. The lowest BCUT2D eigenvalue weighted by Crippen LogP contribution is -2.37. The van der Waals surface area contributed by atoms with E-state index in [1.807, 2.05) is 17.2 Å². The number of amides is 1. The Hall–Kier alpha value is -1.29. The number of hydrogen-bond donors (Lipinski definition) is 0. The van der Waals surface area contributed by atoms with Crippen LogP contribution in [-0.2, 0) is 11.2 Å². The van der Waals surface area contributed by atoms with Crippen molar-refractivity contribution in [3.05, 3.63) is 30.1 Å². The summed E-state index contributed by atoms with van der Waals surface area (Å²) in [5, 5.41) is 0. The van der Waals surface area contributed by atoms with Crippen molar-refractivity contribution in [3.8, 4) is 0 Å². The van der Waals surface area contributed by atoms with E-state index in [-0.39, 0.29) is 5.91 Å². The molecule has 0 bridgehead atoms. The van der Waals surface area contributed by atoms with Crippen LogP contribution in [0.3, 0.4) is 0 Å². The van der Waals surface area contributed by atoms with E-state index in [0.29, 0.717) is 0 Å². The number of carbonyl (C=O) groups excluding carboxylic acids is 1. The molecule has 4 heteroatoms. The molecule has 0 atom stereocenters. The Balaban J connectivity index is 1.68. The lowest BCUT2D eigenvalue weighted by molar-refractivity contribution is -0.130. The molecule has 0 N–H and O–H groups in total. The van der Waals surface area contributed by atoms with Gasteiger partial charge in [0.15, 0.2) is 0 Å². The van der Waals surface area contributed by atoms with Gasteiger partial charge in [-0.3, -0.25) is 9.78 Å². The van der Waals surface area contributed by atoms with Crippen LogP contribution < -0.4 is 0 Å². The Kier molecular flexibility index (Phi) is 5.65. The fourth-order valence-corrected chi connectivity index (χ4v) is 3.00. The van der Waals surface area contributed by atoms with Crippen molar-refractivity contribution >= 4 is 23.0 Å². The van der Waals surface area contributed by atoms with Gasteiger partial charge in [-0.1, -0.05) is 18.3 Å². The molecule has 1 aliphatic heterocycles. The molecule has 2 rings (SSSR count). The van der Waals surface area contributed by atoms with Crippen LogP contribution in [0.15, 0.2) is 24.5 Å². The molecule has 1 aliphatic rings. The number of hydrogen-bond acceptors (Lipinski definition) is 3.